The summed E-state index contributed by atoms with van der Waals surface area (Å²) in [6.07, 6.45) is 1.36. The summed E-state index contributed by atoms with van der Waals surface area (Å²) in [7, 11) is 1.48. The first-order chi connectivity index (χ1) is 10.6. The van der Waals surface area contributed by atoms with Gasteiger partial charge in [-0.2, -0.15) is 0 Å². The first-order valence-corrected chi connectivity index (χ1v) is 7.49. The number of carbonyl (C=O) groups excluding carboxylic acids is 2. The van der Waals surface area contributed by atoms with E-state index in [-0.39, 0.29) is 25.0 Å². The minimum atomic E-state index is -0.525. The van der Waals surface area contributed by atoms with E-state index in [2.05, 4.69) is 5.32 Å². The van der Waals surface area contributed by atoms with Gasteiger partial charge in [0, 0.05) is 18.1 Å². The maximum atomic E-state index is 12.7. The Kier molecular flexibility index (Phi) is 5.63. The first kappa shape index (κ1) is 16.6. The highest BCUT2D eigenvalue weighted by Crippen LogP contribution is 2.27. The molecule has 0 aliphatic carbocycles. The number of likely N-dealkylation sites (tertiary alicyclic amines) is 1. The van der Waals surface area contributed by atoms with Gasteiger partial charge in [-0.05, 0) is 31.0 Å². The van der Waals surface area contributed by atoms with E-state index < -0.39 is 6.04 Å². The fraction of sp³-hybridized carbons (Fsp3) is 0.467. The molecule has 1 aromatic carbocycles. The third-order valence-electron chi connectivity index (χ3n) is 3.62. The van der Waals surface area contributed by atoms with E-state index in [1.54, 1.807) is 18.2 Å². The number of rotatable bonds is 5. The molecule has 1 fully saturated rings. The Bertz CT molecular complexity index is 564. The van der Waals surface area contributed by atoms with Gasteiger partial charge in [-0.25, -0.2) is 0 Å². The lowest BCUT2D eigenvalue weighted by Crippen LogP contribution is -2.46. The van der Waals surface area contributed by atoms with Crippen LogP contribution in [-0.4, -0.2) is 54.7 Å². The van der Waals surface area contributed by atoms with Gasteiger partial charge in [0.05, 0.1) is 19.3 Å². The molecule has 1 aromatic rings. The molecule has 1 atom stereocenters. The lowest BCUT2D eigenvalue weighted by molar-refractivity contribution is -0.125. The van der Waals surface area contributed by atoms with Crippen LogP contribution < -0.4 is 10.1 Å². The van der Waals surface area contributed by atoms with Crippen LogP contribution in [0.5, 0.6) is 5.75 Å². The van der Waals surface area contributed by atoms with Crippen molar-refractivity contribution in [3.63, 3.8) is 0 Å². The topological polar surface area (TPSA) is 78.9 Å². The smallest absolute Gasteiger partial charge is 0.258 e. The van der Waals surface area contributed by atoms with Crippen molar-refractivity contribution in [1.82, 2.24) is 10.2 Å². The fourth-order valence-electron chi connectivity index (χ4n) is 2.58. The second-order valence-corrected chi connectivity index (χ2v) is 5.45. The molecule has 1 aliphatic rings. The van der Waals surface area contributed by atoms with E-state index >= 15 is 0 Å². The van der Waals surface area contributed by atoms with Crippen molar-refractivity contribution in [1.29, 1.82) is 0 Å². The SMILES string of the molecule is COc1ccc(Cl)cc1C(=O)N1CCC[C@@H]1C(=O)NCCO. The molecular formula is C15H19ClN2O4. The lowest BCUT2D eigenvalue weighted by atomic mass is 10.1. The summed E-state index contributed by atoms with van der Waals surface area (Å²) in [5.41, 5.74) is 0.344. The van der Waals surface area contributed by atoms with Crippen molar-refractivity contribution >= 4 is 23.4 Å². The van der Waals surface area contributed by atoms with Gasteiger partial charge in [0.1, 0.15) is 11.8 Å². The highest BCUT2D eigenvalue weighted by atomic mass is 35.5. The normalized spacial score (nSPS) is 17.4. The Morgan fingerprint density at radius 2 is 2.27 bits per heavy atom. The van der Waals surface area contributed by atoms with Gasteiger partial charge in [-0.3, -0.25) is 9.59 Å². The molecule has 2 rings (SSSR count). The number of methoxy groups -OCH3 is 1. The van der Waals surface area contributed by atoms with Crippen LogP contribution in [0.1, 0.15) is 23.2 Å². The molecule has 2 N–H and O–H groups in total. The summed E-state index contributed by atoms with van der Waals surface area (Å²) in [5.74, 6) is -0.0993. The van der Waals surface area contributed by atoms with Crippen LogP contribution >= 0.6 is 11.6 Å². The van der Waals surface area contributed by atoms with Crippen molar-refractivity contribution in [2.75, 3.05) is 26.8 Å². The first-order valence-electron chi connectivity index (χ1n) is 7.11. The molecule has 0 spiro atoms. The number of ether oxygens (including phenoxy) is 1. The Labute approximate surface area is 134 Å². The Hall–Kier alpha value is -1.79. The second-order valence-electron chi connectivity index (χ2n) is 5.02. The van der Waals surface area contributed by atoms with Crippen molar-refractivity contribution in [2.24, 2.45) is 0 Å². The number of hydrogen-bond donors (Lipinski definition) is 2. The number of hydrogen-bond acceptors (Lipinski definition) is 4. The van der Waals surface area contributed by atoms with Gasteiger partial charge in [0.15, 0.2) is 0 Å². The van der Waals surface area contributed by atoms with Crippen LogP contribution in [0, 0.1) is 0 Å². The number of nitrogens with zero attached hydrogens (tertiary/aromatic N) is 1. The standard InChI is InChI=1S/C15H19ClN2O4/c1-22-13-5-4-10(16)9-11(13)15(21)18-7-2-3-12(18)14(20)17-6-8-19/h4-5,9,12,19H,2-3,6-8H2,1H3,(H,17,20)/t12-/m1/s1. The zero-order valence-electron chi connectivity index (χ0n) is 12.3. The van der Waals surface area contributed by atoms with E-state index in [4.69, 9.17) is 21.4 Å². The van der Waals surface area contributed by atoms with Gasteiger partial charge in [0.25, 0.3) is 5.91 Å². The second kappa shape index (κ2) is 7.47. The number of nitrogens with one attached hydrogen (secondary N) is 1. The van der Waals surface area contributed by atoms with Crippen LogP contribution in [0.3, 0.4) is 0 Å². The van der Waals surface area contributed by atoms with E-state index in [0.29, 0.717) is 29.3 Å². The summed E-state index contributed by atoms with van der Waals surface area (Å²) >= 11 is 5.96. The van der Waals surface area contributed by atoms with E-state index in [1.807, 2.05) is 0 Å². The minimum absolute atomic E-state index is 0.130. The summed E-state index contributed by atoms with van der Waals surface area (Å²) in [4.78, 5) is 26.4. The number of benzene rings is 1. The van der Waals surface area contributed by atoms with Crippen molar-refractivity contribution in [3.05, 3.63) is 28.8 Å². The van der Waals surface area contributed by atoms with Crippen LogP contribution in [-0.2, 0) is 4.79 Å². The van der Waals surface area contributed by atoms with Crippen LogP contribution in [0.2, 0.25) is 5.02 Å². The molecule has 0 aromatic heterocycles. The van der Waals surface area contributed by atoms with Crippen LogP contribution in [0.15, 0.2) is 18.2 Å². The lowest BCUT2D eigenvalue weighted by Gasteiger charge is -2.24. The molecule has 6 nitrogen and oxygen atoms in total. The van der Waals surface area contributed by atoms with E-state index in [0.717, 1.165) is 6.42 Å². The highest BCUT2D eigenvalue weighted by molar-refractivity contribution is 6.31. The van der Waals surface area contributed by atoms with Gasteiger partial charge < -0.3 is 20.1 Å². The highest BCUT2D eigenvalue weighted by Gasteiger charge is 2.35. The average Bonchev–Trinajstić information content (AvgIpc) is 3.01. The molecule has 1 saturated heterocycles. The molecule has 0 unspecified atom stereocenters. The Morgan fingerprint density at radius 1 is 1.50 bits per heavy atom. The molecule has 120 valence electrons. The molecule has 0 saturated carbocycles. The quantitative estimate of drug-likeness (QED) is 0.848. The molecule has 0 radical (unpaired) electrons. The third-order valence-corrected chi connectivity index (χ3v) is 3.85. The predicted molar refractivity (Wildman–Crippen MR) is 82.2 cm³/mol. The number of aliphatic hydroxyl groups excluding tert-OH is 1. The predicted octanol–water partition coefficient (Wildman–Crippen LogP) is 1.06. The summed E-state index contributed by atoms with van der Waals surface area (Å²) < 4.78 is 5.20. The number of amides is 2. The zero-order chi connectivity index (χ0) is 16.1. The summed E-state index contributed by atoms with van der Waals surface area (Å²) in [6.45, 7) is 0.554. The summed E-state index contributed by atoms with van der Waals surface area (Å²) in [6, 6.07) is 4.30. The maximum absolute atomic E-state index is 12.7. The van der Waals surface area contributed by atoms with Crippen molar-refractivity contribution in [3.8, 4) is 5.75 Å². The third kappa shape index (κ3) is 3.51. The molecule has 0 bridgehead atoms. The largest absolute Gasteiger partial charge is 0.496 e. The van der Waals surface area contributed by atoms with Gasteiger partial charge in [0.2, 0.25) is 5.91 Å². The van der Waals surface area contributed by atoms with Gasteiger partial charge in [-0.1, -0.05) is 11.6 Å². The van der Waals surface area contributed by atoms with Gasteiger partial charge >= 0.3 is 0 Å². The van der Waals surface area contributed by atoms with E-state index in [1.165, 1.54) is 12.0 Å². The molecule has 2 amide bonds. The Balaban J connectivity index is 2.21. The summed E-state index contributed by atoms with van der Waals surface area (Å²) in [5, 5.41) is 11.8. The molecule has 22 heavy (non-hydrogen) atoms. The monoisotopic (exact) mass is 326 g/mol. The van der Waals surface area contributed by atoms with Crippen molar-refractivity contribution in [2.45, 2.75) is 18.9 Å². The fourth-order valence-corrected chi connectivity index (χ4v) is 2.75. The molecular weight excluding hydrogens is 308 g/mol. The molecule has 7 heteroatoms. The Morgan fingerprint density at radius 3 is 2.95 bits per heavy atom. The van der Waals surface area contributed by atoms with Crippen LogP contribution in [0.4, 0.5) is 0 Å². The average molecular weight is 327 g/mol. The maximum Gasteiger partial charge on any atom is 0.258 e. The molecule has 1 heterocycles. The van der Waals surface area contributed by atoms with Crippen molar-refractivity contribution < 1.29 is 19.4 Å². The van der Waals surface area contributed by atoms with Gasteiger partial charge in [-0.15, -0.1) is 0 Å². The minimum Gasteiger partial charge on any atom is -0.496 e. The number of aliphatic hydroxyl groups is 1. The number of halogens is 1. The van der Waals surface area contributed by atoms with E-state index in [9.17, 15) is 9.59 Å². The zero-order valence-corrected chi connectivity index (χ0v) is 13.1. The van der Waals surface area contributed by atoms with Crippen LogP contribution in [0.25, 0.3) is 0 Å². The number of carbonyl (C=O) groups is 2. The molecule has 1 aliphatic heterocycles.